The van der Waals surface area contributed by atoms with Crippen LogP contribution in [-0.4, -0.2) is 45.1 Å². The number of halogens is 3. The molecule has 0 spiro atoms. The number of anilines is 2. The molecule has 170 valence electrons. The van der Waals surface area contributed by atoms with Crippen molar-refractivity contribution >= 4 is 28.6 Å². The molecule has 1 unspecified atom stereocenters. The van der Waals surface area contributed by atoms with Gasteiger partial charge >= 0.3 is 6.18 Å². The summed E-state index contributed by atoms with van der Waals surface area (Å²) >= 11 is 0. The van der Waals surface area contributed by atoms with Crippen molar-refractivity contribution in [1.82, 2.24) is 9.55 Å². The van der Waals surface area contributed by atoms with Crippen LogP contribution in [0.15, 0.2) is 42.5 Å². The van der Waals surface area contributed by atoms with E-state index in [9.17, 15) is 28.2 Å². The van der Waals surface area contributed by atoms with Crippen molar-refractivity contribution in [2.45, 2.75) is 38.2 Å². The molecule has 7 nitrogen and oxygen atoms in total. The molecule has 1 aromatic heterocycles. The van der Waals surface area contributed by atoms with Crippen LogP contribution in [0.5, 0.6) is 0 Å². The largest absolute Gasteiger partial charge is 0.416 e. The molecule has 0 saturated carbocycles. The van der Waals surface area contributed by atoms with E-state index in [-0.39, 0.29) is 18.1 Å². The Morgan fingerprint density at radius 1 is 1.22 bits per heavy atom. The molecule has 1 amide bonds. The average molecular weight is 448 g/mol. The molecule has 10 heteroatoms. The lowest BCUT2D eigenvalue weighted by atomic mass is 10.1. The predicted octanol–water partition coefficient (Wildman–Crippen LogP) is 3.61. The average Bonchev–Trinajstić information content (AvgIpc) is 3.34. The molecule has 1 atom stereocenters. The lowest BCUT2D eigenvalue weighted by Gasteiger charge is -2.22. The van der Waals surface area contributed by atoms with Crippen LogP contribution >= 0.6 is 0 Å². The quantitative estimate of drug-likeness (QED) is 0.536. The molecule has 1 fully saturated rings. The van der Waals surface area contributed by atoms with Crippen molar-refractivity contribution in [2.75, 3.05) is 23.4 Å². The van der Waals surface area contributed by atoms with Gasteiger partial charge in [0.05, 0.1) is 16.6 Å². The van der Waals surface area contributed by atoms with E-state index in [1.54, 1.807) is 10.6 Å². The summed E-state index contributed by atoms with van der Waals surface area (Å²) in [6.45, 7) is 1.01. The summed E-state index contributed by atoms with van der Waals surface area (Å²) in [5.41, 5.74) is 1.02. The van der Waals surface area contributed by atoms with Crippen molar-refractivity contribution in [3.8, 4) is 0 Å². The van der Waals surface area contributed by atoms with Crippen LogP contribution in [-0.2, 0) is 12.7 Å². The van der Waals surface area contributed by atoms with Gasteiger partial charge in [-0.1, -0.05) is 6.07 Å². The Balaban J connectivity index is 1.67. The van der Waals surface area contributed by atoms with Gasteiger partial charge in [-0.15, -0.1) is 0 Å². The molecule has 1 aliphatic heterocycles. The number of alkyl halides is 3. The van der Waals surface area contributed by atoms with Crippen LogP contribution in [0.4, 0.5) is 24.8 Å². The molecule has 1 saturated heterocycles. The highest BCUT2D eigenvalue weighted by Gasteiger charge is 2.31. The lowest BCUT2D eigenvalue weighted by molar-refractivity contribution is -0.137. The second-order valence-electron chi connectivity index (χ2n) is 7.69. The number of carbonyl (C=O) groups is 1. The second-order valence-corrected chi connectivity index (χ2v) is 7.69. The third-order valence-electron chi connectivity index (χ3n) is 5.50. The fourth-order valence-electron chi connectivity index (χ4n) is 3.91. The number of imidazole rings is 1. The summed E-state index contributed by atoms with van der Waals surface area (Å²) < 4.78 is 40.7. The first-order chi connectivity index (χ1) is 15.3. The zero-order valence-electron chi connectivity index (χ0n) is 17.1. The van der Waals surface area contributed by atoms with Crippen molar-refractivity contribution in [1.29, 1.82) is 0 Å². The molecule has 1 aliphatic rings. The molecule has 32 heavy (non-hydrogen) atoms. The number of aliphatic hydroxyl groups excluding tert-OH is 2. The van der Waals surface area contributed by atoms with E-state index in [0.29, 0.717) is 30.4 Å². The predicted molar refractivity (Wildman–Crippen MR) is 113 cm³/mol. The van der Waals surface area contributed by atoms with Gasteiger partial charge < -0.3 is 19.7 Å². The van der Waals surface area contributed by atoms with Crippen molar-refractivity contribution < 1.29 is 28.2 Å². The van der Waals surface area contributed by atoms with Crippen molar-refractivity contribution in [3.63, 3.8) is 0 Å². The number of amides is 1. The summed E-state index contributed by atoms with van der Waals surface area (Å²) in [4.78, 5) is 19.0. The van der Waals surface area contributed by atoms with Gasteiger partial charge in [0.2, 0.25) is 5.95 Å². The van der Waals surface area contributed by atoms with E-state index in [0.717, 1.165) is 30.8 Å². The van der Waals surface area contributed by atoms with E-state index >= 15 is 0 Å². The van der Waals surface area contributed by atoms with Crippen molar-refractivity contribution in [3.05, 3.63) is 53.6 Å². The number of nitrogens with one attached hydrogen (secondary N) is 1. The maximum absolute atomic E-state index is 13.0. The molecule has 2 heterocycles. The van der Waals surface area contributed by atoms with Gasteiger partial charge in [0.25, 0.3) is 5.91 Å². The highest BCUT2D eigenvalue weighted by molar-refractivity contribution is 6.04. The van der Waals surface area contributed by atoms with E-state index in [1.807, 2.05) is 17.0 Å². The van der Waals surface area contributed by atoms with E-state index < -0.39 is 23.9 Å². The Kier molecular flexibility index (Phi) is 6.07. The number of fused-ring (bicyclic) bond motifs is 1. The minimum atomic E-state index is -4.55. The number of aryl methyl sites for hydroxylation is 1. The molecular formula is C22H23F3N4O3. The molecule has 4 rings (SSSR count). The van der Waals surface area contributed by atoms with Gasteiger partial charge in [-0.2, -0.15) is 13.2 Å². The third kappa shape index (κ3) is 4.42. The van der Waals surface area contributed by atoms with Crippen LogP contribution in [0.25, 0.3) is 11.0 Å². The standard InChI is InChI=1S/C22H23F3N4O3/c23-22(24,25)15-5-1-4-14(12-15)20(32)27-21-26-17-13-16(28-9-2-6-19(28)31)7-8-18(17)29(21)10-3-11-30/h1,4-5,7-8,12-13,19,30-31H,2-3,6,9-11H2,(H,26,27,32). The minimum Gasteiger partial charge on any atom is -0.396 e. The first-order valence-electron chi connectivity index (χ1n) is 10.3. The molecule has 0 radical (unpaired) electrons. The topological polar surface area (TPSA) is 90.6 Å². The highest BCUT2D eigenvalue weighted by Crippen LogP contribution is 2.31. The van der Waals surface area contributed by atoms with Crippen LogP contribution in [0.2, 0.25) is 0 Å². The monoisotopic (exact) mass is 448 g/mol. The van der Waals surface area contributed by atoms with Gasteiger partial charge in [0, 0.05) is 30.9 Å². The normalized spacial score (nSPS) is 16.7. The molecule has 0 bridgehead atoms. The fraction of sp³-hybridized carbons (Fsp3) is 0.364. The fourth-order valence-corrected chi connectivity index (χ4v) is 3.91. The number of hydrogen-bond donors (Lipinski definition) is 3. The maximum atomic E-state index is 13.0. The van der Waals surface area contributed by atoms with Crippen LogP contribution < -0.4 is 10.2 Å². The minimum absolute atomic E-state index is 0.0707. The van der Waals surface area contributed by atoms with Crippen LogP contribution in [0.3, 0.4) is 0 Å². The molecule has 3 aromatic rings. The number of rotatable bonds is 6. The van der Waals surface area contributed by atoms with Gasteiger partial charge in [-0.05, 0) is 55.7 Å². The first-order valence-corrected chi connectivity index (χ1v) is 10.3. The Morgan fingerprint density at radius 3 is 2.72 bits per heavy atom. The van der Waals surface area contributed by atoms with Crippen molar-refractivity contribution in [2.24, 2.45) is 0 Å². The zero-order chi connectivity index (χ0) is 22.9. The zero-order valence-corrected chi connectivity index (χ0v) is 17.1. The number of aliphatic hydroxyl groups is 2. The van der Waals surface area contributed by atoms with Gasteiger partial charge in [-0.3, -0.25) is 10.1 Å². The maximum Gasteiger partial charge on any atom is 0.416 e. The SMILES string of the molecule is O=C(Nc1nc2cc(N3CCCC3O)ccc2n1CCCO)c1cccc(C(F)(F)F)c1. The smallest absolute Gasteiger partial charge is 0.396 e. The lowest BCUT2D eigenvalue weighted by Crippen LogP contribution is -2.28. The number of carbonyl (C=O) groups excluding carboxylic acids is 1. The van der Waals surface area contributed by atoms with E-state index in [2.05, 4.69) is 10.3 Å². The number of nitrogens with zero attached hydrogens (tertiary/aromatic N) is 3. The summed E-state index contributed by atoms with van der Waals surface area (Å²) in [5, 5.41) is 22.0. The Bertz CT molecular complexity index is 1130. The first kappa shape index (κ1) is 22.1. The molecule has 3 N–H and O–H groups in total. The molecule has 2 aromatic carbocycles. The van der Waals surface area contributed by atoms with Gasteiger partial charge in [-0.25, -0.2) is 4.98 Å². The number of aromatic nitrogens is 2. The Labute approximate surface area is 182 Å². The second kappa shape index (κ2) is 8.79. The summed E-state index contributed by atoms with van der Waals surface area (Å²) in [7, 11) is 0. The summed E-state index contributed by atoms with van der Waals surface area (Å²) in [6, 6.07) is 9.66. The third-order valence-corrected chi connectivity index (χ3v) is 5.50. The number of benzene rings is 2. The Morgan fingerprint density at radius 2 is 2.03 bits per heavy atom. The summed E-state index contributed by atoms with van der Waals surface area (Å²) in [5.74, 6) is -0.540. The molecular weight excluding hydrogens is 425 g/mol. The van der Waals surface area contributed by atoms with Gasteiger partial charge in [0.1, 0.15) is 6.23 Å². The Hall–Kier alpha value is -3.11. The summed E-state index contributed by atoms with van der Waals surface area (Å²) in [6.07, 6.45) is -3.15. The van der Waals surface area contributed by atoms with E-state index in [1.165, 1.54) is 12.1 Å². The van der Waals surface area contributed by atoms with E-state index in [4.69, 9.17) is 0 Å². The van der Waals surface area contributed by atoms with Crippen LogP contribution in [0.1, 0.15) is 35.2 Å². The molecule has 0 aliphatic carbocycles. The number of hydrogen-bond acceptors (Lipinski definition) is 5. The van der Waals surface area contributed by atoms with Gasteiger partial charge in [0.15, 0.2) is 0 Å². The highest BCUT2D eigenvalue weighted by atomic mass is 19.4. The van der Waals surface area contributed by atoms with Crippen LogP contribution in [0, 0.1) is 0 Å².